The van der Waals surface area contributed by atoms with Gasteiger partial charge in [-0.1, -0.05) is 56.5 Å². The first kappa shape index (κ1) is 20.8. The van der Waals surface area contributed by atoms with Gasteiger partial charge in [-0.3, -0.25) is 0 Å². The van der Waals surface area contributed by atoms with Crippen LogP contribution in [0.1, 0.15) is 38.2 Å². The van der Waals surface area contributed by atoms with Gasteiger partial charge in [0.05, 0.1) is 0 Å². The predicted octanol–water partition coefficient (Wildman–Crippen LogP) is 5.72. The minimum absolute atomic E-state index is 0. The molecule has 0 saturated carbocycles. The highest BCUT2D eigenvalue weighted by molar-refractivity contribution is 14.0. The van der Waals surface area contributed by atoms with Crippen molar-refractivity contribution < 1.29 is 0 Å². The highest BCUT2D eigenvalue weighted by Gasteiger charge is 2.07. The largest absolute Gasteiger partial charge is 0.378 e. The Morgan fingerprint density at radius 3 is 2.46 bits per heavy atom. The Kier molecular flexibility index (Phi) is 9.84. The van der Waals surface area contributed by atoms with Crippen molar-refractivity contribution in [1.82, 2.24) is 4.90 Å². The third-order valence-corrected chi connectivity index (χ3v) is 4.23. The molecular formula is C21H31IN2. The first-order chi connectivity index (χ1) is 11.2. The molecule has 0 saturated heterocycles. The van der Waals surface area contributed by atoms with Gasteiger partial charge in [-0.2, -0.15) is 0 Å². The van der Waals surface area contributed by atoms with Crippen LogP contribution >= 0.6 is 24.0 Å². The first-order valence-electron chi connectivity index (χ1n) is 8.78. The number of nitrogens with zero attached hydrogens (tertiary/aromatic N) is 2. The fourth-order valence-corrected chi connectivity index (χ4v) is 2.74. The molecule has 0 aliphatic carbocycles. The van der Waals surface area contributed by atoms with Gasteiger partial charge in [0.25, 0.3) is 0 Å². The zero-order valence-corrected chi connectivity index (χ0v) is 17.6. The molecule has 3 heteroatoms. The van der Waals surface area contributed by atoms with Crippen LogP contribution in [0.15, 0.2) is 54.3 Å². The fourth-order valence-electron chi connectivity index (χ4n) is 2.74. The van der Waals surface area contributed by atoms with E-state index in [9.17, 15) is 0 Å². The lowest BCUT2D eigenvalue weighted by Crippen LogP contribution is -2.25. The number of anilines is 1. The lowest BCUT2D eigenvalue weighted by Gasteiger charge is -2.26. The zero-order chi connectivity index (χ0) is 16.5. The number of rotatable bonds is 8. The highest BCUT2D eigenvalue weighted by Crippen LogP contribution is 2.17. The molecule has 1 aromatic rings. The molecule has 2 nitrogen and oxygen atoms in total. The smallest absolute Gasteiger partial charge is 0.0369 e. The summed E-state index contributed by atoms with van der Waals surface area (Å²) in [6, 6.07) is 8.68. The quantitative estimate of drug-likeness (QED) is 0.378. The number of allylic oxidation sites excluding steroid dienone is 3. The minimum atomic E-state index is 0. The minimum Gasteiger partial charge on any atom is -0.378 e. The van der Waals surface area contributed by atoms with Crippen molar-refractivity contribution in [3.05, 3.63) is 59.8 Å². The van der Waals surface area contributed by atoms with Gasteiger partial charge < -0.3 is 9.80 Å². The molecule has 0 fully saturated rings. The van der Waals surface area contributed by atoms with E-state index >= 15 is 0 Å². The third kappa shape index (κ3) is 6.71. The summed E-state index contributed by atoms with van der Waals surface area (Å²) in [6.45, 7) is 4.45. The summed E-state index contributed by atoms with van der Waals surface area (Å²) in [5, 5.41) is 0. The first-order valence-corrected chi connectivity index (χ1v) is 8.78. The van der Waals surface area contributed by atoms with Crippen LogP contribution in [0.25, 0.3) is 6.08 Å². The van der Waals surface area contributed by atoms with E-state index in [1.165, 1.54) is 42.6 Å². The topological polar surface area (TPSA) is 6.48 Å². The van der Waals surface area contributed by atoms with Gasteiger partial charge in [-0.15, -0.1) is 24.0 Å². The van der Waals surface area contributed by atoms with E-state index in [2.05, 4.69) is 85.5 Å². The fraction of sp³-hybridized carbons (Fsp3) is 0.429. The van der Waals surface area contributed by atoms with Crippen LogP contribution in [0.5, 0.6) is 0 Å². The molecule has 0 radical (unpaired) electrons. The van der Waals surface area contributed by atoms with Crippen molar-refractivity contribution in [2.45, 2.75) is 32.6 Å². The van der Waals surface area contributed by atoms with Crippen LogP contribution in [0, 0.1) is 0 Å². The van der Waals surface area contributed by atoms with Crippen molar-refractivity contribution in [3.63, 3.8) is 0 Å². The maximum atomic E-state index is 2.47. The van der Waals surface area contributed by atoms with E-state index in [4.69, 9.17) is 0 Å². The standard InChI is InChI=1S/C21H30N2.HI/c1-4-5-6-8-17-23-18-9-7-10-21(23)16-13-19-11-14-20(15-12-19)22(2)3;/h7,9-16H,4-6,8,17-18H2,1-3H3;1H/b16-13+;. The van der Waals surface area contributed by atoms with Crippen molar-refractivity contribution >= 4 is 35.7 Å². The molecule has 1 aliphatic heterocycles. The second-order valence-electron chi connectivity index (χ2n) is 6.35. The molecule has 0 amide bonds. The summed E-state index contributed by atoms with van der Waals surface area (Å²) < 4.78 is 0. The molecule has 0 bridgehead atoms. The SMILES string of the molecule is CCCCCCN1CC=CC=C1/C=C/c1ccc(N(C)C)cc1.I. The van der Waals surface area contributed by atoms with Crippen molar-refractivity contribution in [2.75, 3.05) is 32.1 Å². The Hall–Kier alpha value is -1.23. The number of hydrogen-bond donors (Lipinski definition) is 0. The maximum Gasteiger partial charge on any atom is 0.0369 e. The summed E-state index contributed by atoms with van der Waals surface area (Å²) >= 11 is 0. The van der Waals surface area contributed by atoms with Gasteiger partial charge in [0, 0.05) is 38.6 Å². The molecule has 0 aromatic heterocycles. The Morgan fingerprint density at radius 2 is 1.79 bits per heavy atom. The normalized spacial score (nSPS) is 13.8. The summed E-state index contributed by atoms with van der Waals surface area (Å²) in [6.07, 6.45) is 16.3. The number of unbranched alkanes of at least 4 members (excludes halogenated alkanes) is 3. The number of halogens is 1. The molecule has 1 heterocycles. The van der Waals surface area contributed by atoms with Crippen molar-refractivity contribution in [2.24, 2.45) is 0 Å². The number of benzene rings is 1. The van der Waals surface area contributed by atoms with Crippen LogP contribution in [0.3, 0.4) is 0 Å². The lowest BCUT2D eigenvalue weighted by atomic mass is 10.1. The third-order valence-electron chi connectivity index (χ3n) is 4.23. The maximum absolute atomic E-state index is 2.47. The van der Waals surface area contributed by atoms with E-state index in [0.717, 1.165) is 13.1 Å². The van der Waals surface area contributed by atoms with Gasteiger partial charge in [0.1, 0.15) is 0 Å². The van der Waals surface area contributed by atoms with E-state index in [1.54, 1.807) is 0 Å². The van der Waals surface area contributed by atoms with Gasteiger partial charge in [0.2, 0.25) is 0 Å². The Bertz CT molecular complexity index is 556. The van der Waals surface area contributed by atoms with E-state index < -0.39 is 0 Å². The van der Waals surface area contributed by atoms with Gasteiger partial charge in [-0.25, -0.2) is 0 Å². The second kappa shape index (κ2) is 11.3. The van der Waals surface area contributed by atoms with Gasteiger partial charge in [-0.05, 0) is 36.3 Å². The summed E-state index contributed by atoms with van der Waals surface area (Å²) in [4.78, 5) is 4.60. The predicted molar refractivity (Wildman–Crippen MR) is 118 cm³/mol. The van der Waals surface area contributed by atoms with Gasteiger partial charge in [0.15, 0.2) is 0 Å². The van der Waals surface area contributed by atoms with Crippen LogP contribution in [0.4, 0.5) is 5.69 Å². The summed E-state index contributed by atoms with van der Waals surface area (Å²) in [7, 11) is 4.14. The van der Waals surface area contributed by atoms with Crippen LogP contribution in [0.2, 0.25) is 0 Å². The van der Waals surface area contributed by atoms with E-state index in [0.29, 0.717) is 0 Å². The highest BCUT2D eigenvalue weighted by atomic mass is 127. The molecular weight excluding hydrogens is 407 g/mol. The van der Waals surface area contributed by atoms with Crippen LogP contribution in [-0.4, -0.2) is 32.1 Å². The molecule has 0 spiro atoms. The Morgan fingerprint density at radius 1 is 1.04 bits per heavy atom. The second-order valence-corrected chi connectivity index (χ2v) is 6.35. The van der Waals surface area contributed by atoms with E-state index in [-0.39, 0.29) is 24.0 Å². The summed E-state index contributed by atoms with van der Waals surface area (Å²) in [5.74, 6) is 0. The molecule has 24 heavy (non-hydrogen) atoms. The van der Waals surface area contributed by atoms with Crippen LogP contribution < -0.4 is 4.90 Å². The summed E-state index contributed by atoms with van der Waals surface area (Å²) in [5.41, 5.74) is 3.80. The number of hydrogen-bond acceptors (Lipinski definition) is 2. The van der Waals surface area contributed by atoms with Gasteiger partial charge >= 0.3 is 0 Å². The molecule has 0 N–H and O–H groups in total. The van der Waals surface area contributed by atoms with Crippen molar-refractivity contribution in [1.29, 1.82) is 0 Å². The van der Waals surface area contributed by atoms with Crippen molar-refractivity contribution in [3.8, 4) is 0 Å². The molecule has 1 aliphatic rings. The average Bonchev–Trinajstić information content (AvgIpc) is 2.58. The average molecular weight is 438 g/mol. The lowest BCUT2D eigenvalue weighted by molar-refractivity contribution is 0.373. The van der Waals surface area contributed by atoms with Crippen LogP contribution in [-0.2, 0) is 0 Å². The van der Waals surface area contributed by atoms with E-state index in [1.807, 2.05) is 0 Å². The molecule has 132 valence electrons. The molecule has 2 rings (SSSR count). The Labute approximate surface area is 164 Å². The Balaban J connectivity index is 0.00000288. The molecule has 1 aromatic carbocycles. The zero-order valence-electron chi connectivity index (χ0n) is 15.2. The molecule has 0 atom stereocenters. The molecule has 0 unspecified atom stereocenters. The monoisotopic (exact) mass is 438 g/mol.